The molecular formula is C16H24N2OS. The fourth-order valence-electron chi connectivity index (χ4n) is 3.27. The normalized spacial score (nSPS) is 26.1. The molecule has 1 aromatic carbocycles. The highest BCUT2D eigenvalue weighted by molar-refractivity contribution is 7.80. The van der Waals surface area contributed by atoms with Crippen molar-refractivity contribution in [2.45, 2.75) is 39.2 Å². The second-order valence-electron chi connectivity index (χ2n) is 6.03. The van der Waals surface area contributed by atoms with Crippen LogP contribution in [0.4, 0.5) is 5.69 Å². The average molecular weight is 292 g/mol. The Morgan fingerprint density at radius 2 is 1.90 bits per heavy atom. The lowest BCUT2D eigenvalue weighted by molar-refractivity contribution is 0.281. The van der Waals surface area contributed by atoms with Gasteiger partial charge in [-0.05, 0) is 43.2 Å². The minimum Gasteiger partial charge on any atom is -0.497 e. The molecule has 2 unspecified atom stereocenters. The van der Waals surface area contributed by atoms with Crippen LogP contribution in [0.5, 0.6) is 5.75 Å². The summed E-state index contributed by atoms with van der Waals surface area (Å²) >= 11 is 5.14. The van der Waals surface area contributed by atoms with Crippen molar-refractivity contribution in [2.24, 2.45) is 17.6 Å². The van der Waals surface area contributed by atoms with Gasteiger partial charge in [-0.25, -0.2) is 0 Å². The van der Waals surface area contributed by atoms with Crippen molar-refractivity contribution in [2.75, 3.05) is 12.4 Å². The van der Waals surface area contributed by atoms with E-state index in [4.69, 9.17) is 22.7 Å². The molecule has 1 fully saturated rings. The molecule has 1 aliphatic carbocycles. The summed E-state index contributed by atoms with van der Waals surface area (Å²) in [6, 6.07) is 6.29. The number of anilines is 1. The number of rotatable bonds is 4. The molecule has 3 nitrogen and oxygen atoms in total. The van der Waals surface area contributed by atoms with Crippen molar-refractivity contribution in [1.82, 2.24) is 0 Å². The smallest absolute Gasteiger partial charge is 0.120 e. The van der Waals surface area contributed by atoms with Crippen LogP contribution in [0, 0.1) is 11.8 Å². The van der Waals surface area contributed by atoms with E-state index in [0.29, 0.717) is 11.0 Å². The van der Waals surface area contributed by atoms with Gasteiger partial charge in [0.25, 0.3) is 0 Å². The lowest BCUT2D eigenvalue weighted by atomic mass is 9.80. The summed E-state index contributed by atoms with van der Waals surface area (Å²) in [6.07, 6.45) is 3.70. The summed E-state index contributed by atoms with van der Waals surface area (Å²) in [5.41, 5.74) is 7.70. The largest absolute Gasteiger partial charge is 0.497 e. The molecule has 0 amide bonds. The highest BCUT2D eigenvalue weighted by Gasteiger charge is 2.24. The molecule has 4 heteroatoms. The minimum absolute atomic E-state index is 0.423. The monoisotopic (exact) mass is 292 g/mol. The fourth-order valence-corrected chi connectivity index (χ4v) is 3.45. The number of ether oxygens (including phenoxy) is 1. The number of hydrogen-bond donors (Lipinski definition) is 2. The summed E-state index contributed by atoms with van der Waals surface area (Å²) in [4.78, 5) is 0.423. The molecule has 0 aliphatic heterocycles. The van der Waals surface area contributed by atoms with Crippen molar-refractivity contribution in [3.8, 4) is 5.75 Å². The van der Waals surface area contributed by atoms with E-state index in [1.54, 1.807) is 7.11 Å². The number of nitrogens with one attached hydrogen (secondary N) is 1. The van der Waals surface area contributed by atoms with E-state index in [2.05, 4.69) is 19.2 Å². The SMILES string of the molecule is COc1ccc(C(N)=S)c(NC2CC(C)CC(C)C2)c1. The maximum absolute atomic E-state index is 5.82. The van der Waals surface area contributed by atoms with Gasteiger partial charge in [0.1, 0.15) is 10.7 Å². The Labute approximate surface area is 126 Å². The van der Waals surface area contributed by atoms with Crippen LogP contribution in [-0.4, -0.2) is 18.1 Å². The highest BCUT2D eigenvalue weighted by atomic mass is 32.1. The Bertz CT molecular complexity index is 479. The fraction of sp³-hybridized carbons (Fsp3) is 0.562. The van der Waals surface area contributed by atoms with E-state index < -0.39 is 0 Å². The van der Waals surface area contributed by atoms with E-state index in [1.165, 1.54) is 19.3 Å². The Hall–Kier alpha value is -1.29. The highest BCUT2D eigenvalue weighted by Crippen LogP contribution is 2.32. The molecule has 1 aliphatic rings. The second-order valence-corrected chi connectivity index (χ2v) is 6.47. The molecule has 0 aromatic heterocycles. The first-order valence-electron chi connectivity index (χ1n) is 7.24. The first-order chi connectivity index (χ1) is 9.49. The third kappa shape index (κ3) is 3.63. The van der Waals surface area contributed by atoms with Gasteiger partial charge in [0, 0.05) is 23.4 Å². The van der Waals surface area contributed by atoms with Crippen LogP contribution >= 0.6 is 12.2 Å². The van der Waals surface area contributed by atoms with Crippen molar-refractivity contribution < 1.29 is 4.74 Å². The first kappa shape index (κ1) is 15.1. The molecule has 0 bridgehead atoms. The number of methoxy groups -OCH3 is 1. The van der Waals surface area contributed by atoms with Gasteiger partial charge in [-0.2, -0.15) is 0 Å². The molecule has 3 N–H and O–H groups in total. The molecule has 0 heterocycles. The molecule has 0 saturated heterocycles. The average Bonchev–Trinajstić information content (AvgIpc) is 2.37. The van der Waals surface area contributed by atoms with E-state index in [-0.39, 0.29) is 0 Å². The summed E-state index contributed by atoms with van der Waals surface area (Å²) in [6.45, 7) is 4.65. The van der Waals surface area contributed by atoms with Gasteiger partial charge in [-0.3, -0.25) is 0 Å². The molecule has 1 aromatic rings. The number of benzene rings is 1. The van der Waals surface area contributed by atoms with Crippen molar-refractivity contribution in [1.29, 1.82) is 0 Å². The molecule has 110 valence electrons. The molecule has 0 radical (unpaired) electrons. The topological polar surface area (TPSA) is 47.3 Å². The van der Waals surface area contributed by atoms with Gasteiger partial charge in [0.05, 0.1) is 7.11 Å². The maximum Gasteiger partial charge on any atom is 0.120 e. The van der Waals surface area contributed by atoms with E-state index in [1.807, 2.05) is 18.2 Å². The van der Waals surface area contributed by atoms with Crippen molar-refractivity contribution >= 4 is 22.9 Å². The summed E-state index contributed by atoms with van der Waals surface area (Å²) < 4.78 is 5.30. The summed E-state index contributed by atoms with van der Waals surface area (Å²) in [5.74, 6) is 2.34. The molecule has 1 saturated carbocycles. The Morgan fingerprint density at radius 1 is 1.25 bits per heavy atom. The van der Waals surface area contributed by atoms with Gasteiger partial charge >= 0.3 is 0 Å². The van der Waals surface area contributed by atoms with Gasteiger partial charge < -0.3 is 15.8 Å². The zero-order valence-electron chi connectivity index (χ0n) is 12.5. The van der Waals surface area contributed by atoms with Crippen LogP contribution in [0.2, 0.25) is 0 Å². The van der Waals surface area contributed by atoms with E-state index in [9.17, 15) is 0 Å². The van der Waals surface area contributed by atoms with E-state index >= 15 is 0 Å². The molecule has 2 atom stereocenters. The predicted octanol–water partition coefficient (Wildman–Crippen LogP) is 3.57. The zero-order valence-corrected chi connectivity index (χ0v) is 13.3. The quantitative estimate of drug-likeness (QED) is 0.833. The van der Waals surface area contributed by atoms with E-state index in [0.717, 1.165) is 28.8 Å². The first-order valence-corrected chi connectivity index (χ1v) is 7.64. The van der Waals surface area contributed by atoms with Crippen LogP contribution in [0.25, 0.3) is 0 Å². The Morgan fingerprint density at radius 3 is 2.45 bits per heavy atom. The lowest BCUT2D eigenvalue weighted by Gasteiger charge is -2.33. The van der Waals surface area contributed by atoms with Crippen LogP contribution in [0.15, 0.2) is 18.2 Å². The van der Waals surface area contributed by atoms with Crippen molar-refractivity contribution in [3.63, 3.8) is 0 Å². The number of nitrogens with two attached hydrogens (primary N) is 1. The maximum atomic E-state index is 5.82. The van der Waals surface area contributed by atoms with Crippen molar-refractivity contribution in [3.05, 3.63) is 23.8 Å². The molecular weight excluding hydrogens is 268 g/mol. The molecule has 0 spiro atoms. The molecule has 20 heavy (non-hydrogen) atoms. The van der Waals surface area contributed by atoms with Crippen LogP contribution in [0.3, 0.4) is 0 Å². The summed E-state index contributed by atoms with van der Waals surface area (Å²) in [7, 11) is 1.67. The van der Waals surface area contributed by atoms with Crippen LogP contribution in [0.1, 0.15) is 38.7 Å². The summed E-state index contributed by atoms with van der Waals surface area (Å²) in [5, 5.41) is 3.62. The van der Waals surface area contributed by atoms with Gasteiger partial charge in [-0.15, -0.1) is 0 Å². The predicted molar refractivity (Wildman–Crippen MR) is 88.5 cm³/mol. The van der Waals surface area contributed by atoms with Gasteiger partial charge in [0.15, 0.2) is 0 Å². The number of thiocarbonyl (C=S) groups is 1. The van der Waals surface area contributed by atoms with Gasteiger partial charge in [-0.1, -0.05) is 26.1 Å². The Balaban J connectivity index is 2.20. The number of hydrogen-bond acceptors (Lipinski definition) is 3. The second kappa shape index (κ2) is 6.44. The third-order valence-corrected chi connectivity index (χ3v) is 4.25. The Kier molecular flexibility index (Phi) is 4.86. The zero-order chi connectivity index (χ0) is 14.7. The van der Waals surface area contributed by atoms with Crippen LogP contribution in [-0.2, 0) is 0 Å². The van der Waals surface area contributed by atoms with Gasteiger partial charge in [0.2, 0.25) is 0 Å². The molecule has 2 rings (SSSR count). The third-order valence-electron chi connectivity index (χ3n) is 4.03. The minimum atomic E-state index is 0.423. The van der Waals surface area contributed by atoms with Crippen LogP contribution < -0.4 is 15.8 Å². The lowest BCUT2D eigenvalue weighted by Crippen LogP contribution is -2.31. The standard InChI is InChI=1S/C16H24N2OS/c1-10-6-11(2)8-12(7-10)18-15-9-13(19-3)4-5-14(15)16(17)20/h4-5,9-12,18H,6-8H2,1-3H3,(H2,17,20).